The van der Waals surface area contributed by atoms with Crippen molar-refractivity contribution >= 4 is 23.5 Å². The Labute approximate surface area is 156 Å². The molecule has 0 radical (unpaired) electrons. The zero-order valence-corrected chi connectivity index (χ0v) is 14.6. The number of rotatable bonds is 8. The molecular formula is C20H20N2O5. The topological polar surface area (TPSA) is 105 Å². The van der Waals surface area contributed by atoms with E-state index >= 15 is 0 Å². The molecule has 0 bridgehead atoms. The Morgan fingerprint density at radius 1 is 1.07 bits per heavy atom. The van der Waals surface area contributed by atoms with Crippen molar-refractivity contribution in [3.63, 3.8) is 0 Å². The van der Waals surface area contributed by atoms with Crippen LogP contribution in [0.15, 0.2) is 54.6 Å². The third-order valence-corrected chi connectivity index (χ3v) is 4.10. The van der Waals surface area contributed by atoms with Gasteiger partial charge in [-0.1, -0.05) is 36.4 Å². The predicted octanol–water partition coefficient (Wildman–Crippen LogP) is 2.36. The highest BCUT2D eigenvalue weighted by molar-refractivity contribution is 5.94. The van der Waals surface area contributed by atoms with Gasteiger partial charge in [0.15, 0.2) is 12.6 Å². The van der Waals surface area contributed by atoms with E-state index in [0.717, 1.165) is 12.8 Å². The number of ether oxygens (including phenoxy) is 1. The van der Waals surface area contributed by atoms with Crippen molar-refractivity contribution in [2.45, 2.75) is 18.9 Å². The molecule has 2 amide bonds. The highest BCUT2D eigenvalue weighted by Gasteiger charge is 2.29. The second-order valence-electron chi connectivity index (χ2n) is 6.33. The molecule has 7 nitrogen and oxygen atoms in total. The molecule has 0 spiro atoms. The first-order valence-electron chi connectivity index (χ1n) is 8.64. The fourth-order valence-electron chi connectivity index (χ4n) is 2.54. The maximum absolute atomic E-state index is 12.1. The monoisotopic (exact) mass is 368 g/mol. The minimum absolute atomic E-state index is 0.0166. The van der Waals surface area contributed by atoms with E-state index in [4.69, 9.17) is 4.74 Å². The molecule has 140 valence electrons. The quantitative estimate of drug-likeness (QED) is 0.663. The van der Waals surface area contributed by atoms with Gasteiger partial charge in [-0.15, -0.1) is 0 Å². The van der Waals surface area contributed by atoms with Gasteiger partial charge in [-0.05, 0) is 30.5 Å². The molecule has 0 heterocycles. The molecule has 2 aromatic rings. The smallest absolute Gasteiger partial charge is 0.330 e. The summed E-state index contributed by atoms with van der Waals surface area (Å²) in [5.41, 5.74) is 1.07. The number of nitrogens with one attached hydrogen (secondary N) is 2. The first-order chi connectivity index (χ1) is 13.0. The highest BCUT2D eigenvalue weighted by atomic mass is 16.5. The fourth-order valence-corrected chi connectivity index (χ4v) is 2.54. The lowest BCUT2D eigenvalue weighted by molar-refractivity contribution is -0.142. The van der Waals surface area contributed by atoms with Crippen LogP contribution in [-0.2, 0) is 14.4 Å². The second-order valence-corrected chi connectivity index (χ2v) is 6.33. The standard InChI is InChI=1S/C20H20N2O5/c23-17(22-18(20(25)26)13-5-2-1-3-6-13)12-27-16-8-4-7-15(11-16)21-19(24)14-9-10-14/h1-8,11,14,18H,9-10,12H2,(H,21,24)(H,22,23)(H,25,26). The van der Waals surface area contributed by atoms with Crippen LogP contribution in [0, 0.1) is 5.92 Å². The van der Waals surface area contributed by atoms with Gasteiger partial charge in [0.05, 0.1) is 0 Å². The third-order valence-electron chi connectivity index (χ3n) is 4.10. The molecule has 0 saturated heterocycles. The van der Waals surface area contributed by atoms with Crippen molar-refractivity contribution in [1.82, 2.24) is 5.32 Å². The Bertz CT molecular complexity index is 833. The summed E-state index contributed by atoms with van der Waals surface area (Å²) >= 11 is 0. The van der Waals surface area contributed by atoms with Crippen LogP contribution in [0.2, 0.25) is 0 Å². The summed E-state index contributed by atoms with van der Waals surface area (Å²) in [4.78, 5) is 35.3. The van der Waals surface area contributed by atoms with E-state index in [0.29, 0.717) is 17.0 Å². The minimum atomic E-state index is -1.15. The lowest BCUT2D eigenvalue weighted by Gasteiger charge is -2.15. The van der Waals surface area contributed by atoms with Gasteiger partial charge in [0.2, 0.25) is 5.91 Å². The number of anilines is 1. The van der Waals surface area contributed by atoms with Gasteiger partial charge in [-0.25, -0.2) is 4.79 Å². The van der Waals surface area contributed by atoms with Crippen LogP contribution in [0.5, 0.6) is 5.75 Å². The fraction of sp³-hybridized carbons (Fsp3) is 0.250. The normalized spacial score (nSPS) is 14.1. The summed E-state index contributed by atoms with van der Waals surface area (Å²) in [5.74, 6) is -1.23. The van der Waals surface area contributed by atoms with Gasteiger partial charge in [0.25, 0.3) is 5.91 Å². The van der Waals surface area contributed by atoms with Gasteiger partial charge >= 0.3 is 5.97 Å². The summed E-state index contributed by atoms with van der Waals surface area (Å²) < 4.78 is 5.43. The molecule has 1 fully saturated rings. The lowest BCUT2D eigenvalue weighted by atomic mass is 10.1. The number of carboxylic acid groups (broad SMARTS) is 1. The number of carbonyl (C=O) groups is 3. The maximum Gasteiger partial charge on any atom is 0.330 e. The number of carboxylic acids is 1. The number of benzene rings is 2. The molecule has 1 aliphatic rings. The second kappa shape index (κ2) is 8.35. The van der Waals surface area contributed by atoms with Gasteiger partial charge in [0.1, 0.15) is 5.75 Å². The Morgan fingerprint density at radius 3 is 2.48 bits per heavy atom. The molecule has 0 aliphatic heterocycles. The predicted molar refractivity (Wildman–Crippen MR) is 98.3 cm³/mol. The highest BCUT2D eigenvalue weighted by Crippen LogP contribution is 2.30. The van der Waals surface area contributed by atoms with Crippen LogP contribution < -0.4 is 15.4 Å². The molecule has 3 rings (SSSR count). The van der Waals surface area contributed by atoms with Gasteiger partial charge < -0.3 is 20.5 Å². The van der Waals surface area contributed by atoms with E-state index < -0.39 is 17.9 Å². The summed E-state index contributed by atoms with van der Waals surface area (Å²) in [5, 5.41) is 14.6. The average Bonchev–Trinajstić information content (AvgIpc) is 3.50. The molecule has 1 aliphatic carbocycles. The van der Waals surface area contributed by atoms with Crippen molar-refractivity contribution < 1.29 is 24.2 Å². The van der Waals surface area contributed by atoms with E-state index in [9.17, 15) is 19.5 Å². The Kier molecular flexibility index (Phi) is 5.71. The van der Waals surface area contributed by atoms with E-state index in [1.165, 1.54) is 0 Å². The third kappa shape index (κ3) is 5.31. The SMILES string of the molecule is O=C(COc1cccc(NC(=O)C2CC2)c1)NC(C(=O)O)c1ccccc1. The maximum atomic E-state index is 12.1. The molecule has 1 saturated carbocycles. The molecule has 3 N–H and O–H groups in total. The molecule has 2 aromatic carbocycles. The van der Waals surface area contributed by atoms with Crippen molar-refractivity contribution in [3.8, 4) is 5.75 Å². The summed E-state index contributed by atoms with van der Waals surface area (Å²) in [6.07, 6.45) is 1.82. The molecule has 1 unspecified atom stereocenters. The first kappa shape index (κ1) is 18.4. The summed E-state index contributed by atoms with van der Waals surface area (Å²) in [7, 11) is 0. The number of aliphatic carboxylic acids is 1. The van der Waals surface area contributed by atoms with Crippen molar-refractivity contribution in [3.05, 3.63) is 60.2 Å². The largest absolute Gasteiger partial charge is 0.484 e. The zero-order chi connectivity index (χ0) is 19.2. The van der Waals surface area contributed by atoms with E-state index in [-0.39, 0.29) is 18.4 Å². The number of amides is 2. The zero-order valence-electron chi connectivity index (χ0n) is 14.6. The lowest BCUT2D eigenvalue weighted by Crippen LogP contribution is -2.36. The number of hydrogen-bond acceptors (Lipinski definition) is 4. The molecule has 0 aromatic heterocycles. The van der Waals surface area contributed by atoms with Gasteiger partial charge in [-0.3, -0.25) is 9.59 Å². The van der Waals surface area contributed by atoms with Crippen molar-refractivity contribution in [2.75, 3.05) is 11.9 Å². The molecule has 1 atom stereocenters. The van der Waals surface area contributed by atoms with Gasteiger partial charge in [-0.2, -0.15) is 0 Å². The minimum Gasteiger partial charge on any atom is -0.484 e. The number of carbonyl (C=O) groups excluding carboxylic acids is 2. The number of hydrogen-bond donors (Lipinski definition) is 3. The summed E-state index contributed by atoms with van der Waals surface area (Å²) in [6, 6.07) is 14.0. The van der Waals surface area contributed by atoms with E-state index in [1.807, 2.05) is 0 Å². The van der Waals surface area contributed by atoms with E-state index in [2.05, 4.69) is 10.6 Å². The molecular weight excluding hydrogens is 348 g/mol. The van der Waals surface area contributed by atoms with Gasteiger partial charge in [0, 0.05) is 17.7 Å². The van der Waals surface area contributed by atoms with Crippen molar-refractivity contribution in [2.24, 2.45) is 5.92 Å². The van der Waals surface area contributed by atoms with Crippen LogP contribution >= 0.6 is 0 Å². The Morgan fingerprint density at radius 2 is 1.81 bits per heavy atom. The summed E-state index contributed by atoms with van der Waals surface area (Å²) in [6.45, 7) is -0.337. The molecule has 7 heteroatoms. The average molecular weight is 368 g/mol. The van der Waals surface area contributed by atoms with Crippen molar-refractivity contribution in [1.29, 1.82) is 0 Å². The first-order valence-corrected chi connectivity index (χ1v) is 8.64. The van der Waals surface area contributed by atoms with Crippen LogP contribution in [0.1, 0.15) is 24.4 Å². The van der Waals surface area contributed by atoms with Crippen LogP contribution in [-0.4, -0.2) is 29.5 Å². The van der Waals surface area contributed by atoms with Crippen LogP contribution in [0.25, 0.3) is 0 Å². The Balaban J connectivity index is 1.55. The Hall–Kier alpha value is -3.35. The van der Waals surface area contributed by atoms with E-state index in [1.54, 1.807) is 54.6 Å². The van der Waals surface area contributed by atoms with Crippen LogP contribution in [0.4, 0.5) is 5.69 Å². The molecule has 27 heavy (non-hydrogen) atoms. The van der Waals surface area contributed by atoms with Crippen LogP contribution in [0.3, 0.4) is 0 Å².